The molecule has 5 heteroatoms. The van der Waals surface area contributed by atoms with Crippen LogP contribution in [0.4, 0.5) is 0 Å². The van der Waals surface area contributed by atoms with Crippen LogP contribution in [0, 0.1) is 0 Å². The van der Waals surface area contributed by atoms with Crippen LogP contribution in [0.15, 0.2) is 36.7 Å². The molecule has 5 nitrogen and oxygen atoms in total. The van der Waals surface area contributed by atoms with Gasteiger partial charge in [-0.1, -0.05) is 32.0 Å². The summed E-state index contributed by atoms with van der Waals surface area (Å²) in [5, 5.41) is 2.80. The van der Waals surface area contributed by atoms with Crippen molar-refractivity contribution in [2.24, 2.45) is 0 Å². The molecule has 2 N–H and O–H groups in total. The van der Waals surface area contributed by atoms with Gasteiger partial charge in [-0.05, 0) is 18.1 Å². The molecule has 0 unspecified atom stereocenters. The van der Waals surface area contributed by atoms with Gasteiger partial charge in [0.05, 0.1) is 18.6 Å². The molecule has 0 saturated heterocycles. The zero-order valence-electron chi connectivity index (χ0n) is 11.7. The van der Waals surface area contributed by atoms with Crippen LogP contribution < -0.4 is 10.1 Å². The maximum atomic E-state index is 12.0. The highest BCUT2D eigenvalue weighted by molar-refractivity contribution is 5.93. The summed E-state index contributed by atoms with van der Waals surface area (Å²) < 4.78 is 5.51. The van der Waals surface area contributed by atoms with Crippen molar-refractivity contribution in [1.82, 2.24) is 15.3 Å². The summed E-state index contributed by atoms with van der Waals surface area (Å²) in [6, 6.07) is 9.51. The summed E-state index contributed by atoms with van der Waals surface area (Å²) >= 11 is 0. The summed E-state index contributed by atoms with van der Waals surface area (Å²) in [6.07, 6.45) is 1.55. The first-order valence-electron chi connectivity index (χ1n) is 6.68. The number of hydrogen-bond acceptors (Lipinski definition) is 3. The van der Waals surface area contributed by atoms with Gasteiger partial charge in [0, 0.05) is 0 Å². The van der Waals surface area contributed by atoms with Gasteiger partial charge in [0.1, 0.15) is 18.1 Å². The van der Waals surface area contributed by atoms with Gasteiger partial charge in [0.2, 0.25) is 0 Å². The predicted octanol–water partition coefficient (Wildman–Crippen LogP) is 2.34. The maximum absolute atomic E-state index is 12.0. The van der Waals surface area contributed by atoms with Gasteiger partial charge in [-0.15, -0.1) is 0 Å². The molecule has 1 heterocycles. The summed E-state index contributed by atoms with van der Waals surface area (Å²) in [5.74, 6) is 0.856. The van der Waals surface area contributed by atoms with Crippen LogP contribution in [0.5, 0.6) is 5.75 Å². The molecule has 106 valence electrons. The van der Waals surface area contributed by atoms with Gasteiger partial charge in [-0.25, -0.2) is 4.98 Å². The summed E-state index contributed by atoms with van der Waals surface area (Å²) in [6.45, 7) is 4.90. The van der Waals surface area contributed by atoms with Crippen molar-refractivity contribution in [2.75, 3.05) is 13.2 Å². The lowest BCUT2D eigenvalue weighted by Gasteiger charge is -2.08. The Kier molecular flexibility index (Phi) is 4.76. The molecule has 1 amide bonds. The zero-order valence-corrected chi connectivity index (χ0v) is 11.7. The molecule has 1 aromatic heterocycles. The molecule has 0 saturated carbocycles. The van der Waals surface area contributed by atoms with Gasteiger partial charge in [0.15, 0.2) is 0 Å². The molecule has 2 rings (SSSR count). The minimum atomic E-state index is -0.174. The van der Waals surface area contributed by atoms with E-state index in [4.69, 9.17) is 4.74 Å². The number of H-pyrrole nitrogens is 1. The largest absolute Gasteiger partial charge is 0.492 e. The Balaban J connectivity index is 1.79. The molecular weight excluding hydrogens is 254 g/mol. The number of ether oxygens (including phenoxy) is 1. The Hall–Kier alpha value is -2.30. The average Bonchev–Trinajstić information content (AvgIpc) is 2.94. The fraction of sp³-hybridized carbons (Fsp3) is 0.333. The van der Waals surface area contributed by atoms with E-state index in [0.717, 1.165) is 11.4 Å². The van der Waals surface area contributed by atoms with Crippen molar-refractivity contribution < 1.29 is 9.53 Å². The number of hydrogen-bond donors (Lipinski definition) is 2. The second-order valence-electron chi connectivity index (χ2n) is 4.74. The molecule has 1 aromatic carbocycles. The number of carbonyl (C=O) groups excluding carboxylic acids is 1. The van der Waals surface area contributed by atoms with E-state index in [-0.39, 0.29) is 11.8 Å². The Morgan fingerprint density at radius 3 is 2.80 bits per heavy atom. The fourth-order valence-corrected chi connectivity index (χ4v) is 1.86. The molecule has 0 atom stereocenters. The molecule has 0 radical (unpaired) electrons. The number of nitrogens with zero attached hydrogens (tertiary/aromatic N) is 1. The third-order valence-corrected chi connectivity index (χ3v) is 2.86. The summed E-state index contributed by atoms with van der Waals surface area (Å²) in [4.78, 5) is 19.1. The van der Waals surface area contributed by atoms with E-state index >= 15 is 0 Å². The van der Waals surface area contributed by atoms with Gasteiger partial charge in [-0.3, -0.25) is 4.79 Å². The quantitative estimate of drug-likeness (QED) is 0.794. The van der Waals surface area contributed by atoms with Gasteiger partial charge in [0.25, 0.3) is 5.91 Å². The number of para-hydroxylation sites is 1. The monoisotopic (exact) mass is 273 g/mol. The first-order chi connectivity index (χ1) is 9.68. The van der Waals surface area contributed by atoms with E-state index < -0.39 is 0 Å². The standard InChI is InChI=1S/C15H19N3O2/c1-11(2)13-14(18-10-17-13)15(19)16-8-9-20-12-6-4-3-5-7-12/h3-7,10-11H,8-9H2,1-2H3,(H,16,19)(H,17,18). The third kappa shape index (κ3) is 3.60. The number of benzene rings is 1. The van der Waals surface area contributed by atoms with Crippen LogP contribution in [0.3, 0.4) is 0 Å². The molecule has 0 fully saturated rings. The van der Waals surface area contributed by atoms with Crippen molar-refractivity contribution in [3.05, 3.63) is 48.0 Å². The lowest BCUT2D eigenvalue weighted by Crippen LogP contribution is -2.29. The van der Waals surface area contributed by atoms with Crippen LogP contribution in [0.25, 0.3) is 0 Å². The highest BCUT2D eigenvalue weighted by atomic mass is 16.5. The zero-order chi connectivity index (χ0) is 14.4. The van der Waals surface area contributed by atoms with Crippen molar-refractivity contribution >= 4 is 5.91 Å². The molecular formula is C15H19N3O2. The molecule has 0 aliphatic rings. The minimum absolute atomic E-state index is 0.174. The van der Waals surface area contributed by atoms with Crippen molar-refractivity contribution in [3.63, 3.8) is 0 Å². The number of aromatic amines is 1. The molecule has 0 bridgehead atoms. The Bertz CT molecular complexity index is 549. The van der Waals surface area contributed by atoms with Crippen LogP contribution >= 0.6 is 0 Å². The lowest BCUT2D eigenvalue weighted by atomic mass is 10.1. The van der Waals surface area contributed by atoms with Gasteiger partial charge >= 0.3 is 0 Å². The molecule has 0 aliphatic heterocycles. The Labute approximate surface area is 118 Å². The fourth-order valence-electron chi connectivity index (χ4n) is 1.86. The lowest BCUT2D eigenvalue weighted by molar-refractivity contribution is 0.0941. The number of rotatable bonds is 6. The highest BCUT2D eigenvalue weighted by Gasteiger charge is 2.16. The van der Waals surface area contributed by atoms with Crippen molar-refractivity contribution in [2.45, 2.75) is 19.8 Å². The van der Waals surface area contributed by atoms with E-state index in [1.807, 2.05) is 44.2 Å². The smallest absolute Gasteiger partial charge is 0.271 e. The van der Waals surface area contributed by atoms with Crippen molar-refractivity contribution in [1.29, 1.82) is 0 Å². The number of nitrogens with one attached hydrogen (secondary N) is 2. The number of aromatic nitrogens is 2. The van der Waals surface area contributed by atoms with E-state index in [1.54, 1.807) is 6.33 Å². The third-order valence-electron chi connectivity index (χ3n) is 2.86. The first-order valence-corrected chi connectivity index (χ1v) is 6.68. The molecule has 0 aliphatic carbocycles. The topological polar surface area (TPSA) is 67.0 Å². The number of amides is 1. The highest BCUT2D eigenvalue weighted by Crippen LogP contribution is 2.14. The SMILES string of the molecule is CC(C)c1[nH]cnc1C(=O)NCCOc1ccccc1. The first kappa shape index (κ1) is 14.1. The summed E-state index contributed by atoms with van der Waals surface area (Å²) in [5.41, 5.74) is 1.31. The number of carbonyl (C=O) groups is 1. The average molecular weight is 273 g/mol. The van der Waals surface area contributed by atoms with E-state index in [0.29, 0.717) is 18.8 Å². The maximum Gasteiger partial charge on any atom is 0.271 e. The Morgan fingerprint density at radius 1 is 1.35 bits per heavy atom. The van der Waals surface area contributed by atoms with E-state index in [1.165, 1.54) is 0 Å². The number of imidazole rings is 1. The predicted molar refractivity (Wildman–Crippen MR) is 76.9 cm³/mol. The normalized spacial score (nSPS) is 10.6. The van der Waals surface area contributed by atoms with Crippen LogP contribution in [-0.2, 0) is 0 Å². The second-order valence-corrected chi connectivity index (χ2v) is 4.74. The minimum Gasteiger partial charge on any atom is -0.492 e. The van der Waals surface area contributed by atoms with Gasteiger partial charge in [-0.2, -0.15) is 0 Å². The van der Waals surface area contributed by atoms with Crippen LogP contribution in [0.2, 0.25) is 0 Å². The second kappa shape index (κ2) is 6.75. The van der Waals surface area contributed by atoms with E-state index in [2.05, 4.69) is 15.3 Å². The van der Waals surface area contributed by atoms with Gasteiger partial charge < -0.3 is 15.0 Å². The Morgan fingerprint density at radius 2 is 2.10 bits per heavy atom. The molecule has 20 heavy (non-hydrogen) atoms. The van der Waals surface area contributed by atoms with E-state index in [9.17, 15) is 4.79 Å². The van der Waals surface area contributed by atoms with Crippen LogP contribution in [0.1, 0.15) is 35.9 Å². The van der Waals surface area contributed by atoms with Crippen molar-refractivity contribution in [3.8, 4) is 5.75 Å². The molecule has 2 aromatic rings. The molecule has 0 spiro atoms. The summed E-state index contributed by atoms with van der Waals surface area (Å²) in [7, 11) is 0. The van der Waals surface area contributed by atoms with Crippen LogP contribution in [-0.4, -0.2) is 29.0 Å².